The molecule has 4 heteroatoms. The smallest absolute Gasteiger partial charge is 0.127 e. The zero-order valence-corrected chi connectivity index (χ0v) is 12.3. The number of aliphatic imine (C=N–C) groups is 1. The van der Waals surface area contributed by atoms with Crippen molar-refractivity contribution in [3.63, 3.8) is 0 Å². The third-order valence-corrected chi connectivity index (χ3v) is 3.55. The van der Waals surface area contributed by atoms with E-state index in [2.05, 4.69) is 17.3 Å². The fourth-order valence-electron chi connectivity index (χ4n) is 2.42. The van der Waals surface area contributed by atoms with Crippen molar-refractivity contribution in [2.45, 2.75) is 25.8 Å². The minimum atomic E-state index is 0.550. The number of nitrogens with two attached hydrogens (primary N) is 1. The summed E-state index contributed by atoms with van der Waals surface area (Å²) in [6, 6.07) is 10.6. The van der Waals surface area contributed by atoms with E-state index >= 15 is 0 Å². The van der Waals surface area contributed by atoms with Crippen LogP contribution >= 0.6 is 0 Å². The Balaban J connectivity index is 2.05. The normalized spacial score (nSPS) is 21.2. The highest BCUT2D eigenvalue weighted by molar-refractivity contribution is 6.04. The Hall–Kier alpha value is -1.81. The van der Waals surface area contributed by atoms with Crippen LogP contribution in [0.1, 0.15) is 19.8 Å². The summed E-state index contributed by atoms with van der Waals surface area (Å²) < 4.78 is 0. The highest BCUT2D eigenvalue weighted by Gasteiger charge is 2.20. The number of anilines is 1. The number of allylic oxidation sites excluding steroid dienone is 1. The number of nitrogens with one attached hydrogen (secondary N) is 1. The van der Waals surface area contributed by atoms with Crippen LogP contribution in [0.2, 0.25) is 0 Å². The number of amidine groups is 1. The summed E-state index contributed by atoms with van der Waals surface area (Å²) in [4.78, 5) is 7.08. The molecule has 1 fully saturated rings. The first-order valence-electron chi connectivity index (χ1n) is 7.15. The Morgan fingerprint density at radius 2 is 2.20 bits per heavy atom. The molecule has 1 unspecified atom stereocenters. The monoisotopic (exact) mass is 272 g/mol. The average Bonchev–Trinajstić information content (AvgIpc) is 2.82. The number of nitrogens with zero attached hydrogens (tertiary/aromatic N) is 2. The van der Waals surface area contributed by atoms with Crippen LogP contribution in [-0.4, -0.2) is 36.9 Å². The summed E-state index contributed by atoms with van der Waals surface area (Å²) in [5.41, 5.74) is 7.58. The van der Waals surface area contributed by atoms with Gasteiger partial charge in [-0.05, 0) is 51.6 Å². The summed E-state index contributed by atoms with van der Waals surface area (Å²) in [5, 5.41) is 3.32. The molecule has 1 aromatic carbocycles. The molecule has 0 saturated carbocycles. The molecular weight excluding hydrogens is 248 g/mol. The second-order valence-electron chi connectivity index (χ2n) is 5.38. The minimum Gasteiger partial charge on any atom is -0.402 e. The molecule has 0 aliphatic carbocycles. The lowest BCUT2D eigenvalue weighted by molar-refractivity contribution is 0.317. The van der Waals surface area contributed by atoms with Crippen molar-refractivity contribution >= 4 is 11.5 Å². The van der Waals surface area contributed by atoms with E-state index in [1.54, 1.807) is 0 Å². The van der Waals surface area contributed by atoms with Gasteiger partial charge in [0.1, 0.15) is 5.84 Å². The fourth-order valence-corrected chi connectivity index (χ4v) is 2.42. The Morgan fingerprint density at radius 3 is 2.80 bits per heavy atom. The number of para-hydroxylation sites is 1. The van der Waals surface area contributed by atoms with Crippen LogP contribution in [0.15, 0.2) is 47.1 Å². The van der Waals surface area contributed by atoms with Gasteiger partial charge < -0.3 is 16.0 Å². The van der Waals surface area contributed by atoms with Crippen LogP contribution in [0, 0.1) is 0 Å². The summed E-state index contributed by atoms with van der Waals surface area (Å²) in [6.07, 6.45) is 4.38. The first kappa shape index (κ1) is 14.6. The number of benzene rings is 1. The quantitative estimate of drug-likeness (QED) is 0.654. The van der Waals surface area contributed by atoms with Crippen LogP contribution in [0.25, 0.3) is 0 Å². The van der Waals surface area contributed by atoms with E-state index in [1.807, 2.05) is 43.3 Å². The van der Waals surface area contributed by atoms with Crippen molar-refractivity contribution in [3.8, 4) is 0 Å². The summed E-state index contributed by atoms with van der Waals surface area (Å²) >= 11 is 0. The van der Waals surface area contributed by atoms with E-state index in [0.29, 0.717) is 6.04 Å². The molecule has 1 heterocycles. The Morgan fingerprint density at radius 1 is 1.45 bits per heavy atom. The molecule has 1 atom stereocenters. The number of likely N-dealkylation sites (tertiary alicyclic amines) is 1. The molecule has 2 rings (SSSR count). The third-order valence-electron chi connectivity index (χ3n) is 3.55. The standard InChI is InChI=1S/C16H24N4/c1-13(17)11-16(19-14-7-4-3-5-8-14)18-12-15-9-6-10-20(15)2/h3-5,7-8,11,15H,6,9-10,12,17H2,1-2H3,(H,18,19). The number of hydrogen-bond donors (Lipinski definition) is 2. The van der Waals surface area contributed by atoms with Crippen molar-refractivity contribution in [2.24, 2.45) is 10.7 Å². The van der Waals surface area contributed by atoms with Gasteiger partial charge in [-0.15, -0.1) is 0 Å². The van der Waals surface area contributed by atoms with Crippen LogP contribution in [0.3, 0.4) is 0 Å². The molecule has 0 radical (unpaired) electrons. The Kier molecular flexibility index (Phi) is 5.18. The molecule has 0 amide bonds. The van der Waals surface area contributed by atoms with E-state index < -0.39 is 0 Å². The maximum atomic E-state index is 5.79. The third kappa shape index (κ3) is 4.38. The van der Waals surface area contributed by atoms with Crippen LogP contribution in [-0.2, 0) is 0 Å². The summed E-state index contributed by atoms with van der Waals surface area (Å²) in [5.74, 6) is 0.830. The van der Waals surface area contributed by atoms with Crippen LogP contribution < -0.4 is 11.1 Å². The molecule has 1 aliphatic rings. The molecule has 20 heavy (non-hydrogen) atoms. The van der Waals surface area contributed by atoms with Gasteiger partial charge in [-0.1, -0.05) is 18.2 Å². The second-order valence-corrected chi connectivity index (χ2v) is 5.38. The number of rotatable bonds is 4. The largest absolute Gasteiger partial charge is 0.402 e. The molecule has 3 N–H and O–H groups in total. The number of likely N-dealkylation sites (N-methyl/N-ethyl adjacent to an activating group) is 1. The summed E-state index contributed by atoms with van der Waals surface area (Å²) in [7, 11) is 2.17. The predicted octanol–water partition coefficient (Wildman–Crippen LogP) is 2.45. The van der Waals surface area contributed by atoms with Gasteiger partial charge in [0.2, 0.25) is 0 Å². The first-order chi connectivity index (χ1) is 9.65. The van der Waals surface area contributed by atoms with Gasteiger partial charge in [0.05, 0.1) is 6.54 Å². The predicted molar refractivity (Wildman–Crippen MR) is 86.0 cm³/mol. The van der Waals surface area contributed by atoms with Crippen LogP contribution in [0.5, 0.6) is 0 Å². The van der Waals surface area contributed by atoms with E-state index in [9.17, 15) is 0 Å². The first-order valence-corrected chi connectivity index (χ1v) is 7.15. The van der Waals surface area contributed by atoms with E-state index in [-0.39, 0.29) is 0 Å². The zero-order chi connectivity index (χ0) is 14.4. The van der Waals surface area contributed by atoms with Gasteiger partial charge >= 0.3 is 0 Å². The average molecular weight is 272 g/mol. The topological polar surface area (TPSA) is 53.6 Å². The molecule has 4 nitrogen and oxygen atoms in total. The SMILES string of the molecule is CC(N)=CC(=NCC1CCCN1C)Nc1ccccc1. The maximum absolute atomic E-state index is 5.79. The molecular formula is C16H24N4. The fraction of sp³-hybridized carbons (Fsp3) is 0.438. The Bertz CT molecular complexity index is 475. The molecule has 108 valence electrons. The van der Waals surface area contributed by atoms with Gasteiger partial charge in [0, 0.05) is 17.4 Å². The highest BCUT2D eigenvalue weighted by Crippen LogP contribution is 2.15. The van der Waals surface area contributed by atoms with E-state index in [0.717, 1.165) is 23.8 Å². The lowest BCUT2D eigenvalue weighted by Crippen LogP contribution is -2.28. The van der Waals surface area contributed by atoms with E-state index in [4.69, 9.17) is 10.7 Å². The Labute approximate surface area is 121 Å². The lowest BCUT2D eigenvalue weighted by atomic mass is 10.2. The molecule has 0 spiro atoms. The zero-order valence-electron chi connectivity index (χ0n) is 12.3. The van der Waals surface area contributed by atoms with Crippen LogP contribution in [0.4, 0.5) is 5.69 Å². The van der Waals surface area contributed by atoms with Crippen molar-refractivity contribution in [1.29, 1.82) is 0 Å². The second kappa shape index (κ2) is 7.10. The molecule has 0 aromatic heterocycles. The van der Waals surface area contributed by atoms with Crippen molar-refractivity contribution in [2.75, 3.05) is 25.5 Å². The number of hydrogen-bond acceptors (Lipinski definition) is 3. The highest BCUT2D eigenvalue weighted by atomic mass is 15.2. The van der Waals surface area contributed by atoms with Gasteiger partial charge in [0.15, 0.2) is 0 Å². The molecule has 1 saturated heterocycles. The van der Waals surface area contributed by atoms with Gasteiger partial charge in [0.25, 0.3) is 0 Å². The van der Waals surface area contributed by atoms with Crippen molar-refractivity contribution in [1.82, 2.24) is 4.90 Å². The van der Waals surface area contributed by atoms with Gasteiger partial charge in [-0.2, -0.15) is 0 Å². The lowest BCUT2D eigenvalue weighted by Gasteiger charge is -2.17. The molecule has 0 bridgehead atoms. The molecule has 1 aromatic rings. The van der Waals surface area contributed by atoms with Crippen molar-refractivity contribution in [3.05, 3.63) is 42.1 Å². The van der Waals surface area contributed by atoms with Crippen molar-refractivity contribution < 1.29 is 0 Å². The van der Waals surface area contributed by atoms with E-state index in [1.165, 1.54) is 19.4 Å². The van der Waals surface area contributed by atoms with Gasteiger partial charge in [-0.3, -0.25) is 4.99 Å². The molecule has 1 aliphatic heterocycles. The van der Waals surface area contributed by atoms with Gasteiger partial charge in [-0.25, -0.2) is 0 Å². The maximum Gasteiger partial charge on any atom is 0.127 e. The minimum absolute atomic E-state index is 0.550. The summed E-state index contributed by atoms with van der Waals surface area (Å²) in [6.45, 7) is 3.87.